The number of hydrogen-bond acceptors (Lipinski definition) is 2. The van der Waals surface area contributed by atoms with Gasteiger partial charge in [-0.1, -0.05) is 40.2 Å². The van der Waals surface area contributed by atoms with E-state index in [2.05, 4.69) is 76.5 Å². The molecule has 0 aliphatic rings. The lowest BCUT2D eigenvalue weighted by atomic mass is 10.2. The Morgan fingerprint density at radius 1 is 1.11 bits per heavy atom. The smallest absolute Gasteiger partial charge is 0.0334 e. The molecule has 1 heterocycles. The van der Waals surface area contributed by atoms with Gasteiger partial charge in [-0.25, -0.2) is 0 Å². The molecule has 0 aliphatic carbocycles. The monoisotopic (exact) mass is 323 g/mol. The summed E-state index contributed by atoms with van der Waals surface area (Å²) in [6, 6.07) is 13.3. The third-order valence-electron chi connectivity index (χ3n) is 3.00. The quantitative estimate of drug-likeness (QED) is 0.754. The van der Waals surface area contributed by atoms with Gasteiger partial charge in [0.1, 0.15) is 0 Å². The Morgan fingerprint density at radius 3 is 2.50 bits per heavy atom. The molecule has 0 fully saturated rings. The first kappa shape index (κ1) is 13.8. The van der Waals surface area contributed by atoms with E-state index in [1.165, 1.54) is 14.9 Å². The van der Waals surface area contributed by atoms with E-state index in [4.69, 9.17) is 0 Å². The average molecular weight is 324 g/mol. The highest BCUT2D eigenvalue weighted by atomic mass is 79.9. The van der Waals surface area contributed by atoms with Crippen LogP contribution in [-0.2, 0) is 13.1 Å². The fourth-order valence-electron chi connectivity index (χ4n) is 1.87. The maximum atomic E-state index is 3.63. The lowest BCUT2D eigenvalue weighted by Gasteiger charge is -2.26. The maximum Gasteiger partial charge on any atom is 0.0334 e. The van der Waals surface area contributed by atoms with Crippen molar-refractivity contribution >= 4 is 27.3 Å². The standard InChI is InChI=1S/C15H18BrNS/c1-12(2)17(11-14-7-5-9-18-14)10-13-6-3-4-8-15(13)16/h3-9,12H,10-11H2,1-2H3. The SMILES string of the molecule is CC(C)N(Cc1cccs1)Cc1ccccc1Br. The van der Waals surface area contributed by atoms with Crippen molar-refractivity contribution in [2.45, 2.75) is 33.0 Å². The Labute approximate surface area is 122 Å². The largest absolute Gasteiger partial charge is 0.292 e. The van der Waals surface area contributed by atoms with Crippen LogP contribution < -0.4 is 0 Å². The summed E-state index contributed by atoms with van der Waals surface area (Å²) in [6.45, 7) is 6.52. The van der Waals surface area contributed by atoms with Crippen molar-refractivity contribution < 1.29 is 0 Å². The molecule has 96 valence electrons. The zero-order valence-electron chi connectivity index (χ0n) is 10.8. The molecule has 0 aliphatic heterocycles. The van der Waals surface area contributed by atoms with Gasteiger partial charge in [-0.3, -0.25) is 4.90 Å². The molecule has 0 amide bonds. The van der Waals surface area contributed by atoms with Crippen molar-refractivity contribution in [1.82, 2.24) is 4.90 Å². The van der Waals surface area contributed by atoms with E-state index in [0.717, 1.165) is 13.1 Å². The molecule has 2 rings (SSSR count). The molecule has 0 N–H and O–H groups in total. The molecule has 3 heteroatoms. The van der Waals surface area contributed by atoms with Crippen LogP contribution in [-0.4, -0.2) is 10.9 Å². The highest BCUT2D eigenvalue weighted by Gasteiger charge is 2.12. The number of rotatable bonds is 5. The normalized spacial score (nSPS) is 11.4. The molecule has 2 aromatic rings. The second kappa shape index (κ2) is 6.50. The highest BCUT2D eigenvalue weighted by molar-refractivity contribution is 9.10. The van der Waals surface area contributed by atoms with Crippen LogP contribution in [0.4, 0.5) is 0 Å². The zero-order valence-corrected chi connectivity index (χ0v) is 13.2. The fraction of sp³-hybridized carbons (Fsp3) is 0.333. The first-order valence-electron chi connectivity index (χ1n) is 6.16. The molecular weight excluding hydrogens is 306 g/mol. The predicted molar refractivity (Wildman–Crippen MR) is 82.8 cm³/mol. The Kier molecular flexibility index (Phi) is 4.98. The molecule has 0 saturated heterocycles. The molecule has 1 nitrogen and oxygen atoms in total. The van der Waals surface area contributed by atoms with Crippen LogP contribution in [0, 0.1) is 0 Å². The van der Waals surface area contributed by atoms with Crippen LogP contribution in [0.1, 0.15) is 24.3 Å². The van der Waals surface area contributed by atoms with Crippen molar-refractivity contribution in [3.8, 4) is 0 Å². The molecule has 1 aromatic carbocycles. The van der Waals surface area contributed by atoms with E-state index in [1.807, 2.05) is 11.3 Å². The third kappa shape index (κ3) is 3.67. The summed E-state index contributed by atoms with van der Waals surface area (Å²) >= 11 is 5.46. The summed E-state index contributed by atoms with van der Waals surface area (Å²) in [7, 11) is 0. The second-order valence-electron chi connectivity index (χ2n) is 4.67. The number of halogens is 1. The molecule has 0 bridgehead atoms. The molecule has 1 aromatic heterocycles. The number of nitrogens with zero attached hydrogens (tertiary/aromatic N) is 1. The maximum absolute atomic E-state index is 3.63. The Hall–Kier alpha value is -0.640. The summed E-state index contributed by atoms with van der Waals surface area (Å²) in [4.78, 5) is 3.92. The van der Waals surface area contributed by atoms with Crippen LogP contribution in [0.5, 0.6) is 0 Å². The summed E-state index contributed by atoms with van der Waals surface area (Å²) in [5, 5.41) is 2.15. The van der Waals surface area contributed by atoms with Crippen molar-refractivity contribution in [2.75, 3.05) is 0 Å². The van der Waals surface area contributed by atoms with Crippen molar-refractivity contribution in [3.63, 3.8) is 0 Å². The summed E-state index contributed by atoms with van der Waals surface area (Å²) < 4.78 is 1.20. The van der Waals surface area contributed by atoms with E-state index in [0.29, 0.717) is 6.04 Å². The number of thiophene rings is 1. The van der Waals surface area contributed by atoms with Gasteiger partial charge in [-0.05, 0) is 36.9 Å². The van der Waals surface area contributed by atoms with Gasteiger partial charge in [-0.2, -0.15) is 0 Å². The fourth-order valence-corrected chi connectivity index (χ4v) is 3.01. The minimum Gasteiger partial charge on any atom is -0.292 e. The van der Waals surface area contributed by atoms with Crippen LogP contribution in [0.3, 0.4) is 0 Å². The van der Waals surface area contributed by atoms with Gasteiger partial charge in [0.05, 0.1) is 0 Å². The lowest BCUT2D eigenvalue weighted by molar-refractivity contribution is 0.205. The molecular formula is C15H18BrNS. The van der Waals surface area contributed by atoms with Crippen molar-refractivity contribution in [2.24, 2.45) is 0 Å². The lowest BCUT2D eigenvalue weighted by Crippen LogP contribution is -2.29. The molecule has 0 unspecified atom stereocenters. The predicted octanol–water partition coefficient (Wildman–Crippen LogP) is 4.92. The molecule has 0 spiro atoms. The van der Waals surface area contributed by atoms with Crippen LogP contribution >= 0.6 is 27.3 Å². The minimum absolute atomic E-state index is 0.541. The van der Waals surface area contributed by atoms with Gasteiger partial charge in [0.15, 0.2) is 0 Å². The van der Waals surface area contributed by atoms with Gasteiger partial charge in [0.25, 0.3) is 0 Å². The Bertz CT molecular complexity index is 479. The van der Waals surface area contributed by atoms with Crippen LogP contribution in [0.2, 0.25) is 0 Å². The Balaban J connectivity index is 2.09. The van der Waals surface area contributed by atoms with E-state index in [9.17, 15) is 0 Å². The first-order valence-corrected chi connectivity index (χ1v) is 7.84. The number of hydrogen-bond donors (Lipinski definition) is 0. The minimum atomic E-state index is 0.541. The average Bonchev–Trinajstić information content (AvgIpc) is 2.83. The van der Waals surface area contributed by atoms with Crippen LogP contribution in [0.15, 0.2) is 46.3 Å². The van der Waals surface area contributed by atoms with E-state index >= 15 is 0 Å². The highest BCUT2D eigenvalue weighted by Crippen LogP contribution is 2.21. The molecule has 18 heavy (non-hydrogen) atoms. The van der Waals surface area contributed by atoms with Crippen molar-refractivity contribution in [1.29, 1.82) is 0 Å². The van der Waals surface area contributed by atoms with Gasteiger partial charge >= 0.3 is 0 Å². The van der Waals surface area contributed by atoms with Crippen LogP contribution in [0.25, 0.3) is 0 Å². The van der Waals surface area contributed by atoms with E-state index in [1.54, 1.807) is 0 Å². The molecule has 0 radical (unpaired) electrons. The van der Waals surface area contributed by atoms with Gasteiger partial charge in [0.2, 0.25) is 0 Å². The van der Waals surface area contributed by atoms with Gasteiger partial charge < -0.3 is 0 Å². The third-order valence-corrected chi connectivity index (χ3v) is 4.64. The second-order valence-corrected chi connectivity index (χ2v) is 6.56. The first-order chi connectivity index (χ1) is 8.66. The zero-order chi connectivity index (χ0) is 13.0. The summed E-state index contributed by atoms with van der Waals surface area (Å²) in [5.74, 6) is 0. The molecule has 0 saturated carbocycles. The number of benzene rings is 1. The van der Waals surface area contributed by atoms with E-state index in [-0.39, 0.29) is 0 Å². The van der Waals surface area contributed by atoms with E-state index < -0.39 is 0 Å². The van der Waals surface area contributed by atoms with Gasteiger partial charge in [0, 0.05) is 28.5 Å². The van der Waals surface area contributed by atoms with Gasteiger partial charge in [-0.15, -0.1) is 11.3 Å². The molecule has 0 atom stereocenters. The topological polar surface area (TPSA) is 3.24 Å². The van der Waals surface area contributed by atoms with Crippen molar-refractivity contribution in [3.05, 3.63) is 56.7 Å². The summed E-state index contributed by atoms with van der Waals surface area (Å²) in [5.41, 5.74) is 1.35. The summed E-state index contributed by atoms with van der Waals surface area (Å²) in [6.07, 6.45) is 0. The Morgan fingerprint density at radius 2 is 1.89 bits per heavy atom.